The molecule has 3 fully saturated rings. The van der Waals surface area contributed by atoms with E-state index in [9.17, 15) is 29.2 Å². The number of carbonyl (C=O) groups is 5. The standard InChI is InChI=1S/C26H32N6O10S2/c1-13(41-26(37)42-14-5-3-2-4-6-14)40-23(35)17-8-10-43-22-15(21(34)32(17)22)11-39-25(36)31-9-7-18(31)29-20(33)19(30-38)16-12-44-24(27)28-16/h8,12-15,18,22,38H,2-7,9-11H2,1H3,(H2,27,28)(H,29,33)/b30-19-. The largest absolute Gasteiger partial charge is 0.511 e. The Bertz CT molecular complexity index is 1360. The summed E-state index contributed by atoms with van der Waals surface area (Å²) in [4.78, 5) is 69.6. The van der Waals surface area contributed by atoms with Crippen LogP contribution >= 0.6 is 23.1 Å². The summed E-state index contributed by atoms with van der Waals surface area (Å²) in [6, 6.07) is 0. The zero-order chi connectivity index (χ0) is 31.4. The highest BCUT2D eigenvalue weighted by Crippen LogP contribution is 2.42. The molecule has 1 aromatic heterocycles. The van der Waals surface area contributed by atoms with Crippen LogP contribution < -0.4 is 11.1 Å². The minimum atomic E-state index is -1.23. The number of thioether (sulfide) groups is 1. The second kappa shape index (κ2) is 13.7. The van der Waals surface area contributed by atoms with Crippen LogP contribution in [0.3, 0.4) is 0 Å². The summed E-state index contributed by atoms with van der Waals surface area (Å²) in [5.41, 5.74) is 5.34. The highest BCUT2D eigenvalue weighted by molar-refractivity contribution is 8.00. The highest BCUT2D eigenvalue weighted by Gasteiger charge is 2.53. The number of β-lactam (4-membered cyclic amide) rings is 1. The monoisotopic (exact) mass is 652 g/mol. The van der Waals surface area contributed by atoms with Gasteiger partial charge in [0.05, 0.1) is 5.37 Å². The Morgan fingerprint density at radius 3 is 2.64 bits per heavy atom. The number of likely N-dealkylation sites (tertiary alicyclic amines) is 1. The van der Waals surface area contributed by atoms with Crippen LogP contribution in [0.2, 0.25) is 0 Å². The van der Waals surface area contributed by atoms with E-state index in [1.807, 2.05) is 0 Å². The minimum Gasteiger partial charge on any atom is -0.448 e. The fourth-order valence-electron chi connectivity index (χ4n) is 5.18. The minimum absolute atomic E-state index is 0.0196. The summed E-state index contributed by atoms with van der Waals surface area (Å²) in [7, 11) is 0. The number of rotatable bonds is 9. The maximum atomic E-state index is 13.0. The molecule has 2 saturated heterocycles. The highest BCUT2D eigenvalue weighted by atomic mass is 32.2. The number of fused-ring (bicyclic) bond motifs is 1. The van der Waals surface area contributed by atoms with Gasteiger partial charge in [0.25, 0.3) is 5.91 Å². The Kier molecular flexibility index (Phi) is 9.77. The van der Waals surface area contributed by atoms with Gasteiger partial charge >= 0.3 is 18.2 Å². The fourth-order valence-corrected chi connectivity index (χ4v) is 6.97. The Hall–Kier alpha value is -4.06. The maximum Gasteiger partial charge on any atom is 0.511 e. The lowest BCUT2D eigenvalue weighted by atomic mass is 9.97. The van der Waals surface area contributed by atoms with Crippen molar-refractivity contribution in [1.82, 2.24) is 20.1 Å². The second-order valence-electron chi connectivity index (χ2n) is 10.4. The van der Waals surface area contributed by atoms with Gasteiger partial charge in [-0.3, -0.25) is 19.4 Å². The van der Waals surface area contributed by atoms with E-state index in [4.69, 9.17) is 24.7 Å². The average Bonchev–Trinajstić information content (AvgIpc) is 3.40. The van der Waals surface area contributed by atoms with E-state index in [0.29, 0.717) is 18.7 Å². The third kappa shape index (κ3) is 6.85. The summed E-state index contributed by atoms with van der Waals surface area (Å²) in [6.45, 7) is 1.45. The van der Waals surface area contributed by atoms with E-state index in [0.717, 1.165) is 43.4 Å². The lowest BCUT2D eigenvalue weighted by Gasteiger charge is -2.48. The normalized spacial score (nSPS) is 24.1. The quantitative estimate of drug-likeness (QED) is 0.0663. The van der Waals surface area contributed by atoms with Gasteiger partial charge < -0.3 is 35.2 Å². The number of carbonyl (C=O) groups excluding carboxylic acids is 5. The molecule has 0 aromatic carbocycles. The van der Waals surface area contributed by atoms with E-state index in [2.05, 4.69) is 15.5 Å². The lowest BCUT2D eigenvalue weighted by Crippen LogP contribution is -2.63. The van der Waals surface area contributed by atoms with Crippen molar-refractivity contribution in [3.8, 4) is 0 Å². The number of ether oxygens (including phenoxy) is 4. The topological polar surface area (TPSA) is 212 Å². The van der Waals surface area contributed by atoms with E-state index < -0.39 is 53.8 Å². The van der Waals surface area contributed by atoms with Crippen molar-refractivity contribution < 1.29 is 48.1 Å². The molecule has 4 atom stereocenters. The predicted octanol–water partition coefficient (Wildman–Crippen LogP) is 1.98. The van der Waals surface area contributed by atoms with Crippen molar-refractivity contribution >= 4 is 64.0 Å². The first-order valence-corrected chi connectivity index (χ1v) is 16.0. The molecule has 4 aliphatic rings. The molecule has 238 valence electrons. The number of oxime groups is 1. The number of hydrogen-bond donors (Lipinski definition) is 3. The summed E-state index contributed by atoms with van der Waals surface area (Å²) in [5, 5.41) is 16.0. The second-order valence-corrected chi connectivity index (χ2v) is 12.5. The fraction of sp³-hybridized carbons (Fsp3) is 0.577. The summed E-state index contributed by atoms with van der Waals surface area (Å²) >= 11 is 2.46. The van der Waals surface area contributed by atoms with Gasteiger partial charge in [0.2, 0.25) is 12.2 Å². The number of thiazole rings is 1. The lowest BCUT2D eigenvalue weighted by molar-refractivity contribution is -0.171. The van der Waals surface area contributed by atoms with E-state index in [1.54, 1.807) is 6.08 Å². The number of aromatic nitrogens is 1. The number of nitrogens with one attached hydrogen (secondary N) is 1. The van der Waals surface area contributed by atoms with Crippen LogP contribution in [0.1, 0.15) is 51.1 Å². The average molecular weight is 653 g/mol. The zero-order valence-electron chi connectivity index (χ0n) is 23.7. The maximum absolute atomic E-state index is 13.0. The predicted molar refractivity (Wildman–Crippen MR) is 154 cm³/mol. The molecule has 1 aromatic rings. The molecule has 1 saturated carbocycles. The van der Waals surface area contributed by atoms with E-state index in [1.165, 1.54) is 33.9 Å². The number of esters is 1. The SMILES string of the molecule is CC(OC(=O)OC1CCCCC1)OC(=O)C1=CCSC2C(COC(=O)N3CCC3NC(=O)/C(=N\O)c3csc(N)n3)C(=O)N12. The van der Waals surface area contributed by atoms with Crippen LogP contribution in [0.5, 0.6) is 0 Å². The van der Waals surface area contributed by atoms with Gasteiger partial charge in [0.1, 0.15) is 36.2 Å². The van der Waals surface area contributed by atoms with Gasteiger partial charge in [-0.05, 0) is 31.8 Å². The molecule has 1 aliphatic carbocycles. The molecule has 18 heteroatoms. The first-order chi connectivity index (χ1) is 21.2. The van der Waals surface area contributed by atoms with Crippen molar-refractivity contribution in [1.29, 1.82) is 0 Å². The molecular formula is C26H32N6O10S2. The summed E-state index contributed by atoms with van der Waals surface area (Å²) in [6.07, 6.45) is 2.76. The third-order valence-corrected chi connectivity index (χ3v) is 9.45. The zero-order valence-corrected chi connectivity index (χ0v) is 25.3. The molecule has 3 amide bonds. The number of nitrogen functional groups attached to an aromatic ring is 1. The van der Waals surface area contributed by atoms with E-state index >= 15 is 0 Å². The molecule has 0 radical (unpaired) electrons. The first kappa shape index (κ1) is 31.4. The number of anilines is 1. The molecule has 4 N–H and O–H groups in total. The number of amides is 3. The van der Waals surface area contributed by atoms with Gasteiger partial charge in [-0.1, -0.05) is 11.6 Å². The molecule has 4 unspecified atom stereocenters. The van der Waals surface area contributed by atoms with E-state index in [-0.39, 0.29) is 34.9 Å². The van der Waals surface area contributed by atoms with Crippen molar-refractivity contribution in [2.24, 2.45) is 11.1 Å². The van der Waals surface area contributed by atoms with Gasteiger partial charge in [-0.2, -0.15) is 0 Å². The smallest absolute Gasteiger partial charge is 0.448 e. The van der Waals surface area contributed by atoms with Crippen molar-refractivity contribution in [2.45, 2.75) is 69.4 Å². The number of nitrogens with two attached hydrogens (primary N) is 1. The van der Waals surface area contributed by atoms with Crippen molar-refractivity contribution in [3.05, 3.63) is 22.8 Å². The molecule has 3 aliphatic heterocycles. The Labute approximate surface area is 259 Å². The summed E-state index contributed by atoms with van der Waals surface area (Å²) < 4.78 is 21.0. The van der Waals surface area contributed by atoms with Gasteiger partial charge in [-0.15, -0.1) is 23.1 Å². The van der Waals surface area contributed by atoms with Gasteiger partial charge in [-0.25, -0.2) is 19.4 Å². The Morgan fingerprint density at radius 2 is 1.98 bits per heavy atom. The Morgan fingerprint density at radius 1 is 1.20 bits per heavy atom. The van der Waals surface area contributed by atoms with Crippen molar-refractivity contribution in [3.63, 3.8) is 0 Å². The van der Waals surface area contributed by atoms with Gasteiger partial charge in [0.15, 0.2) is 10.8 Å². The third-order valence-electron chi connectivity index (χ3n) is 7.53. The molecule has 0 spiro atoms. The molecule has 44 heavy (non-hydrogen) atoms. The molecule has 0 bridgehead atoms. The van der Waals surface area contributed by atoms with Crippen molar-refractivity contribution in [2.75, 3.05) is 24.6 Å². The van der Waals surface area contributed by atoms with Crippen LogP contribution in [0.4, 0.5) is 14.7 Å². The van der Waals surface area contributed by atoms with Gasteiger partial charge in [0, 0.05) is 31.0 Å². The summed E-state index contributed by atoms with van der Waals surface area (Å²) in [5.74, 6) is -2.31. The van der Waals surface area contributed by atoms with Crippen LogP contribution in [0.15, 0.2) is 22.3 Å². The molecular weight excluding hydrogens is 620 g/mol. The van der Waals surface area contributed by atoms with Crippen LogP contribution in [0.25, 0.3) is 0 Å². The molecule has 5 rings (SSSR count). The molecule has 4 heterocycles. The van der Waals surface area contributed by atoms with Crippen LogP contribution in [0, 0.1) is 5.92 Å². The van der Waals surface area contributed by atoms with Crippen LogP contribution in [-0.2, 0) is 33.3 Å². The number of nitrogens with zero attached hydrogens (tertiary/aromatic N) is 4. The van der Waals surface area contributed by atoms with Crippen LogP contribution in [-0.4, -0.2) is 98.6 Å². The Balaban J connectivity index is 1.07. The first-order valence-electron chi connectivity index (χ1n) is 14.1. The molecule has 16 nitrogen and oxygen atoms in total. The number of hydrogen-bond acceptors (Lipinski definition) is 15.